The summed E-state index contributed by atoms with van der Waals surface area (Å²) in [4.78, 5) is 18.8. The number of nitrogens with zero attached hydrogens (tertiary/aromatic N) is 1. The summed E-state index contributed by atoms with van der Waals surface area (Å²) in [6.07, 6.45) is 1.16. The van der Waals surface area contributed by atoms with Crippen molar-refractivity contribution in [1.29, 1.82) is 0 Å². The van der Waals surface area contributed by atoms with E-state index in [9.17, 15) is 4.79 Å². The highest BCUT2D eigenvalue weighted by Gasteiger charge is 2.15. The summed E-state index contributed by atoms with van der Waals surface area (Å²) < 4.78 is 4.86. The van der Waals surface area contributed by atoms with Gasteiger partial charge in [0, 0.05) is 19.5 Å². The predicted octanol–water partition coefficient (Wildman–Crippen LogP) is 0.161. The van der Waals surface area contributed by atoms with Gasteiger partial charge in [-0.15, -0.1) is 0 Å². The number of rotatable bonds is 3. The molecule has 0 saturated heterocycles. The predicted molar refractivity (Wildman–Crippen MR) is 54.3 cm³/mol. The van der Waals surface area contributed by atoms with E-state index < -0.39 is 0 Å². The summed E-state index contributed by atoms with van der Waals surface area (Å²) in [5.41, 5.74) is 2.17. The number of imidazole rings is 1. The monoisotopic (exact) mass is 209 g/mol. The van der Waals surface area contributed by atoms with Crippen molar-refractivity contribution in [2.45, 2.75) is 26.3 Å². The first-order chi connectivity index (χ1) is 7.29. The fourth-order valence-electron chi connectivity index (χ4n) is 1.71. The summed E-state index contributed by atoms with van der Waals surface area (Å²) in [7, 11) is 0. The zero-order valence-corrected chi connectivity index (χ0v) is 8.80. The molecule has 0 saturated carbocycles. The van der Waals surface area contributed by atoms with Crippen molar-refractivity contribution < 1.29 is 9.53 Å². The van der Waals surface area contributed by atoms with Crippen molar-refractivity contribution in [2.24, 2.45) is 0 Å². The molecule has 0 aromatic carbocycles. The first-order valence-corrected chi connectivity index (χ1v) is 5.22. The quantitative estimate of drug-likeness (QED) is 0.696. The molecule has 2 heterocycles. The number of aromatic nitrogens is 2. The van der Waals surface area contributed by atoms with Crippen LogP contribution in [0.4, 0.5) is 0 Å². The molecular formula is C10H15N3O2. The fourth-order valence-corrected chi connectivity index (χ4v) is 1.71. The zero-order valence-electron chi connectivity index (χ0n) is 8.80. The third-order valence-electron chi connectivity index (χ3n) is 2.37. The van der Waals surface area contributed by atoms with Gasteiger partial charge in [0.25, 0.3) is 0 Å². The maximum atomic E-state index is 11.2. The van der Waals surface area contributed by atoms with Gasteiger partial charge >= 0.3 is 5.97 Å². The van der Waals surface area contributed by atoms with Gasteiger partial charge in [0.05, 0.1) is 18.0 Å². The molecule has 1 aliphatic heterocycles. The lowest BCUT2D eigenvalue weighted by Gasteiger charge is -2.09. The maximum Gasteiger partial charge on any atom is 0.313 e. The van der Waals surface area contributed by atoms with Crippen LogP contribution < -0.4 is 5.32 Å². The van der Waals surface area contributed by atoms with E-state index in [2.05, 4.69) is 15.3 Å². The molecule has 0 spiro atoms. The van der Waals surface area contributed by atoms with Gasteiger partial charge in [-0.05, 0) is 6.92 Å². The third kappa shape index (κ3) is 2.36. The van der Waals surface area contributed by atoms with Crippen LogP contribution in [-0.4, -0.2) is 29.1 Å². The Morgan fingerprint density at radius 1 is 1.60 bits per heavy atom. The minimum absolute atomic E-state index is 0.225. The molecule has 0 aliphatic carbocycles. The molecule has 0 fully saturated rings. The second-order valence-electron chi connectivity index (χ2n) is 3.52. The maximum absolute atomic E-state index is 11.2. The Labute approximate surface area is 88.2 Å². The molecule has 0 bridgehead atoms. The topological polar surface area (TPSA) is 67.0 Å². The van der Waals surface area contributed by atoms with Crippen molar-refractivity contribution in [3.05, 3.63) is 17.2 Å². The van der Waals surface area contributed by atoms with Crippen molar-refractivity contribution in [3.8, 4) is 0 Å². The minimum Gasteiger partial charge on any atom is -0.466 e. The summed E-state index contributed by atoms with van der Waals surface area (Å²) in [6.45, 7) is 3.98. The Balaban J connectivity index is 2.03. The highest BCUT2D eigenvalue weighted by Crippen LogP contribution is 2.11. The number of H-pyrrole nitrogens is 1. The second kappa shape index (κ2) is 4.44. The molecule has 5 heteroatoms. The summed E-state index contributed by atoms with van der Waals surface area (Å²) in [5.74, 6) is 0.485. The average molecular weight is 209 g/mol. The van der Waals surface area contributed by atoms with E-state index in [0.717, 1.165) is 30.9 Å². The van der Waals surface area contributed by atoms with Gasteiger partial charge in [-0.25, -0.2) is 4.98 Å². The highest BCUT2D eigenvalue weighted by molar-refractivity contribution is 5.71. The second-order valence-corrected chi connectivity index (χ2v) is 3.52. The van der Waals surface area contributed by atoms with Crippen molar-refractivity contribution >= 4 is 5.97 Å². The van der Waals surface area contributed by atoms with Crippen molar-refractivity contribution in [1.82, 2.24) is 15.3 Å². The Morgan fingerprint density at radius 2 is 2.47 bits per heavy atom. The molecule has 1 aromatic rings. The molecule has 0 radical (unpaired) electrons. The van der Waals surface area contributed by atoms with Gasteiger partial charge in [0.1, 0.15) is 12.2 Å². The van der Waals surface area contributed by atoms with E-state index in [1.165, 1.54) is 0 Å². The van der Waals surface area contributed by atoms with Gasteiger partial charge in [0.2, 0.25) is 0 Å². The smallest absolute Gasteiger partial charge is 0.313 e. The average Bonchev–Trinajstić information content (AvgIpc) is 2.59. The SMILES string of the molecule is CCOC(=O)Cc1nc2c([nH]1)CNCC2. The molecule has 1 aromatic heterocycles. The van der Waals surface area contributed by atoms with Crippen LogP contribution in [0.15, 0.2) is 0 Å². The van der Waals surface area contributed by atoms with Gasteiger partial charge in [-0.3, -0.25) is 4.79 Å². The lowest BCUT2D eigenvalue weighted by molar-refractivity contribution is -0.142. The van der Waals surface area contributed by atoms with Crippen LogP contribution in [0.25, 0.3) is 0 Å². The summed E-state index contributed by atoms with van der Waals surface area (Å²) >= 11 is 0. The molecule has 0 amide bonds. The third-order valence-corrected chi connectivity index (χ3v) is 2.37. The number of nitrogens with one attached hydrogen (secondary N) is 2. The number of carbonyl (C=O) groups is 1. The minimum atomic E-state index is -0.225. The number of aromatic amines is 1. The zero-order chi connectivity index (χ0) is 10.7. The van der Waals surface area contributed by atoms with E-state index in [0.29, 0.717) is 12.4 Å². The molecule has 15 heavy (non-hydrogen) atoms. The summed E-state index contributed by atoms with van der Waals surface area (Å²) in [5, 5.41) is 3.25. The van der Waals surface area contributed by atoms with E-state index in [4.69, 9.17) is 4.74 Å². The number of esters is 1. The van der Waals surface area contributed by atoms with Gasteiger partial charge < -0.3 is 15.0 Å². The molecule has 2 rings (SSSR count). The highest BCUT2D eigenvalue weighted by atomic mass is 16.5. The number of fused-ring (bicyclic) bond motifs is 1. The molecule has 0 unspecified atom stereocenters. The van der Waals surface area contributed by atoms with Crippen LogP contribution in [0.5, 0.6) is 0 Å². The van der Waals surface area contributed by atoms with Crippen molar-refractivity contribution in [3.63, 3.8) is 0 Å². The van der Waals surface area contributed by atoms with Crippen LogP contribution in [0.1, 0.15) is 24.1 Å². The van der Waals surface area contributed by atoms with Crippen molar-refractivity contribution in [2.75, 3.05) is 13.2 Å². The van der Waals surface area contributed by atoms with Crippen LogP contribution in [0.2, 0.25) is 0 Å². The normalized spacial score (nSPS) is 14.7. The number of hydrogen-bond acceptors (Lipinski definition) is 4. The molecule has 5 nitrogen and oxygen atoms in total. The Morgan fingerprint density at radius 3 is 3.20 bits per heavy atom. The van der Waals surface area contributed by atoms with Crippen LogP contribution in [0, 0.1) is 0 Å². The Hall–Kier alpha value is -1.36. The molecular weight excluding hydrogens is 194 g/mol. The number of hydrogen-bond donors (Lipinski definition) is 2. The molecule has 2 N–H and O–H groups in total. The van der Waals surface area contributed by atoms with E-state index in [-0.39, 0.29) is 12.4 Å². The molecule has 0 atom stereocenters. The van der Waals surface area contributed by atoms with Gasteiger partial charge in [-0.2, -0.15) is 0 Å². The standard InChI is InChI=1S/C10H15N3O2/c1-2-15-10(14)5-9-12-7-3-4-11-6-8(7)13-9/h11H,2-6H2,1H3,(H,12,13). The van der Waals surface area contributed by atoms with Crippen LogP contribution >= 0.6 is 0 Å². The van der Waals surface area contributed by atoms with Gasteiger partial charge in [-0.1, -0.05) is 0 Å². The fraction of sp³-hybridized carbons (Fsp3) is 0.600. The molecule has 82 valence electrons. The van der Waals surface area contributed by atoms with Crippen LogP contribution in [0.3, 0.4) is 0 Å². The van der Waals surface area contributed by atoms with E-state index >= 15 is 0 Å². The Kier molecular flexibility index (Phi) is 3.01. The van der Waals surface area contributed by atoms with Crippen LogP contribution in [-0.2, 0) is 28.9 Å². The first kappa shape index (κ1) is 10.2. The number of ether oxygens (including phenoxy) is 1. The first-order valence-electron chi connectivity index (χ1n) is 5.22. The Bertz CT molecular complexity index is 336. The lowest BCUT2D eigenvalue weighted by atomic mass is 10.2. The van der Waals surface area contributed by atoms with E-state index in [1.54, 1.807) is 6.92 Å². The van der Waals surface area contributed by atoms with Gasteiger partial charge in [0.15, 0.2) is 0 Å². The number of carbonyl (C=O) groups excluding carboxylic acids is 1. The largest absolute Gasteiger partial charge is 0.466 e. The lowest BCUT2D eigenvalue weighted by Crippen LogP contribution is -2.23. The summed E-state index contributed by atoms with van der Waals surface area (Å²) in [6, 6.07) is 0. The molecule has 1 aliphatic rings. The van der Waals surface area contributed by atoms with E-state index in [1.807, 2.05) is 0 Å².